The summed E-state index contributed by atoms with van der Waals surface area (Å²) in [6.45, 7) is 7.30. The van der Waals surface area contributed by atoms with Crippen LogP contribution in [0.25, 0.3) is 0 Å². The van der Waals surface area contributed by atoms with Crippen LogP contribution in [-0.2, 0) is 4.74 Å². The van der Waals surface area contributed by atoms with Crippen molar-refractivity contribution >= 4 is 0 Å². The molecule has 1 nitrogen and oxygen atoms in total. The Labute approximate surface area is 63.1 Å². The van der Waals surface area contributed by atoms with Gasteiger partial charge in [-0.05, 0) is 32.3 Å². The molecule has 0 amide bonds. The molecule has 1 heterocycles. The molecular formula is C9H16O. The van der Waals surface area contributed by atoms with Crippen molar-refractivity contribution in [1.82, 2.24) is 0 Å². The predicted octanol–water partition coefficient (Wildman–Crippen LogP) is 2.52. The van der Waals surface area contributed by atoms with Crippen LogP contribution < -0.4 is 0 Å². The normalized spacial score (nSPS) is 27.7. The summed E-state index contributed by atoms with van der Waals surface area (Å²) in [4.78, 5) is 0. The molecule has 0 aliphatic carbocycles. The maximum atomic E-state index is 5.54. The lowest BCUT2D eigenvalue weighted by atomic mass is 10.0. The summed E-state index contributed by atoms with van der Waals surface area (Å²) >= 11 is 0. The highest BCUT2D eigenvalue weighted by Crippen LogP contribution is 2.28. The van der Waals surface area contributed by atoms with Crippen molar-refractivity contribution in [2.75, 3.05) is 6.61 Å². The molecule has 0 saturated carbocycles. The lowest BCUT2D eigenvalue weighted by Crippen LogP contribution is -2.16. The van der Waals surface area contributed by atoms with Crippen LogP contribution in [0, 0.1) is 0 Å². The Morgan fingerprint density at radius 2 is 2.30 bits per heavy atom. The summed E-state index contributed by atoms with van der Waals surface area (Å²) in [6.07, 6.45) is 4.52. The van der Waals surface area contributed by atoms with Gasteiger partial charge < -0.3 is 4.74 Å². The van der Waals surface area contributed by atoms with E-state index in [9.17, 15) is 0 Å². The zero-order valence-electron chi connectivity index (χ0n) is 7.11. The fraction of sp³-hybridized carbons (Fsp3) is 0.778. The van der Waals surface area contributed by atoms with Gasteiger partial charge in [-0.15, -0.1) is 0 Å². The van der Waals surface area contributed by atoms with Gasteiger partial charge in [-0.1, -0.05) is 13.0 Å². The zero-order valence-corrected chi connectivity index (χ0v) is 7.11. The summed E-state index contributed by atoms with van der Waals surface area (Å²) in [7, 11) is 0. The first kappa shape index (κ1) is 7.80. The first-order chi connectivity index (χ1) is 4.64. The van der Waals surface area contributed by atoms with E-state index in [4.69, 9.17) is 4.74 Å². The molecule has 0 N–H and O–H groups in total. The van der Waals surface area contributed by atoms with Gasteiger partial charge in [0, 0.05) is 0 Å². The van der Waals surface area contributed by atoms with Crippen LogP contribution >= 0.6 is 0 Å². The Balaban J connectivity index is 2.51. The van der Waals surface area contributed by atoms with Crippen molar-refractivity contribution in [2.45, 2.75) is 39.2 Å². The van der Waals surface area contributed by atoms with E-state index >= 15 is 0 Å². The summed E-state index contributed by atoms with van der Waals surface area (Å²) in [6, 6.07) is 0. The van der Waals surface area contributed by atoms with Crippen LogP contribution in [-0.4, -0.2) is 12.2 Å². The molecule has 1 rings (SSSR count). The SMILES string of the molecule is CCC=C1COC(C)(C)C1. The van der Waals surface area contributed by atoms with Gasteiger partial charge in [-0.2, -0.15) is 0 Å². The van der Waals surface area contributed by atoms with Gasteiger partial charge in [0.1, 0.15) is 0 Å². The highest BCUT2D eigenvalue weighted by molar-refractivity contribution is 5.10. The van der Waals surface area contributed by atoms with Crippen LogP contribution in [0.15, 0.2) is 11.6 Å². The molecule has 1 fully saturated rings. The minimum absolute atomic E-state index is 0.0982. The van der Waals surface area contributed by atoms with Gasteiger partial charge in [0.25, 0.3) is 0 Å². The van der Waals surface area contributed by atoms with Crippen LogP contribution in [0.3, 0.4) is 0 Å². The minimum atomic E-state index is 0.0982. The first-order valence-electron chi connectivity index (χ1n) is 3.96. The van der Waals surface area contributed by atoms with Crippen LogP contribution in [0.5, 0.6) is 0 Å². The molecule has 0 radical (unpaired) electrons. The number of hydrogen-bond acceptors (Lipinski definition) is 1. The molecule has 1 heteroatoms. The molecule has 1 saturated heterocycles. The molecule has 0 spiro atoms. The van der Waals surface area contributed by atoms with Gasteiger partial charge in [0.15, 0.2) is 0 Å². The third-order valence-corrected chi connectivity index (χ3v) is 1.79. The Morgan fingerprint density at radius 3 is 2.70 bits per heavy atom. The average molecular weight is 140 g/mol. The van der Waals surface area contributed by atoms with E-state index in [1.807, 2.05) is 0 Å². The summed E-state index contributed by atoms with van der Waals surface area (Å²) < 4.78 is 5.54. The van der Waals surface area contributed by atoms with Crippen molar-refractivity contribution in [3.63, 3.8) is 0 Å². The van der Waals surface area contributed by atoms with Crippen LogP contribution in [0.1, 0.15) is 33.6 Å². The van der Waals surface area contributed by atoms with Gasteiger partial charge in [0.2, 0.25) is 0 Å². The van der Waals surface area contributed by atoms with E-state index < -0.39 is 0 Å². The van der Waals surface area contributed by atoms with Gasteiger partial charge >= 0.3 is 0 Å². The highest BCUT2D eigenvalue weighted by Gasteiger charge is 2.26. The van der Waals surface area contributed by atoms with Crippen LogP contribution in [0.2, 0.25) is 0 Å². The van der Waals surface area contributed by atoms with E-state index in [1.165, 1.54) is 5.57 Å². The summed E-state index contributed by atoms with van der Waals surface area (Å²) in [5, 5.41) is 0. The smallest absolute Gasteiger partial charge is 0.0685 e. The fourth-order valence-corrected chi connectivity index (χ4v) is 1.36. The molecule has 0 atom stereocenters. The monoisotopic (exact) mass is 140 g/mol. The van der Waals surface area contributed by atoms with E-state index in [2.05, 4.69) is 26.8 Å². The molecule has 0 aromatic heterocycles. The van der Waals surface area contributed by atoms with Crippen molar-refractivity contribution < 1.29 is 4.74 Å². The second-order valence-corrected chi connectivity index (χ2v) is 3.50. The van der Waals surface area contributed by atoms with Crippen LogP contribution in [0.4, 0.5) is 0 Å². The second kappa shape index (κ2) is 2.75. The van der Waals surface area contributed by atoms with Gasteiger partial charge in [-0.25, -0.2) is 0 Å². The number of hydrogen-bond donors (Lipinski definition) is 0. The maximum absolute atomic E-state index is 5.54. The number of allylic oxidation sites excluding steroid dienone is 1. The van der Waals surface area contributed by atoms with Crippen molar-refractivity contribution in [2.24, 2.45) is 0 Å². The summed E-state index contributed by atoms with van der Waals surface area (Å²) in [5.74, 6) is 0. The molecule has 58 valence electrons. The lowest BCUT2D eigenvalue weighted by molar-refractivity contribution is 0.0377. The fourth-order valence-electron chi connectivity index (χ4n) is 1.36. The average Bonchev–Trinajstić information content (AvgIpc) is 2.12. The third kappa shape index (κ3) is 1.84. The molecule has 0 bridgehead atoms. The third-order valence-electron chi connectivity index (χ3n) is 1.79. The van der Waals surface area contributed by atoms with E-state index in [-0.39, 0.29) is 5.60 Å². The molecule has 0 aromatic carbocycles. The molecule has 10 heavy (non-hydrogen) atoms. The maximum Gasteiger partial charge on any atom is 0.0685 e. The first-order valence-corrected chi connectivity index (χ1v) is 3.96. The summed E-state index contributed by atoms with van der Waals surface area (Å²) in [5.41, 5.74) is 1.56. The van der Waals surface area contributed by atoms with Crippen molar-refractivity contribution in [3.8, 4) is 0 Å². The Kier molecular flexibility index (Phi) is 2.14. The van der Waals surface area contributed by atoms with Gasteiger partial charge in [-0.3, -0.25) is 0 Å². The Bertz CT molecular complexity index is 145. The quantitative estimate of drug-likeness (QED) is 0.508. The van der Waals surface area contributed by atoms with Gasteiger partial charge in [0.05, 0.1) is 12.2 Å². The largest absolute Gasteiger partial charge is 0.371 e. The molecule has 1 aliphatic heterocycles. The van der Waals surface area contributed by atoms with E-state index in [1.54, 1.807) is 0 Å². The topological polar surface area (TPSA) is 9.23 Å². The van der Waals surface area contributed by atoms with E-state index in [0.717, 1.165) is 19.4 Å². The zero-order chi connectivity index (χ0) is 7.61. The lowest BCUT2D eigenvalue weighted by Gasteiger charge is -2.14. The molecule has 0 aromatic rings. The Morgan fingerprint density at radius 1 is 1.60 bits per heavy atom. The minimum Gasteiger partial charge on any atom is -0.371 e. The van der Waals surface area contributed by atoms with Crippen molar-refractivity contribution in [3.05, 3.63) is 11.6 Å². The molecule has 0 unspecified atom stereocenters. The Hall–Kier alpha value is -0.300. The highest BCUT2D eigenvalue weighted by atomic mass is 16.5. The number of rotatable bonds is 1. The van der Waals surface area contributed by atoms with Crippen molar-refractivity contribution in [1.29, 1.82) is 0 Å². The second-order valence-electron chi connectivity index (χ2n) is 3.50. The standard InChI is InChI=1S/C9H16O/c1-4-5-8-6-9(2,3)10-7-8/h5H,4,6-7H2,1-3H3. The number of ether oxygens (including phenoxy) is 1. The molecular weight excluding hydrogens is 124 g/mol. The van der Waals surface area contributed by atoms with E-state index in [0.29, 0.717) is 0 Å². The molecule has 1 aliphatic rings. The predicted molar refractivity (Wildman–Crippen MR) is 43.0 cm³/mol.